The van der Waals surface area contributed by atoms with Crippen molar-refractivity contribution in [2.45, 2.75) is 57.7 Å². The van der Waals surface area contributed by atoms with Crippen molar-refractivity contribution in [2.75, 3.05) is 6.61 Å². The highest BCUT2D eigenvalue weighted by Crippen LogP contribution is 2.25. The largest absolute Gasteiger partial charge is 0.484 e. The maximum atomic E-state index is 13.2. The highest BCUT2D eigenvalue weighted by Gasteiger charge is 2.31. The smallest absolute Gasteiger partial charge is 0.261 e. The van der Waals surface area contributed by atoms with Crippen molar-refractivity contribution in [3.8, 4) is 5.75 Å². The minimum Gasteiger partial charge on any atom is -0.484 e. The second-order valence-corrected chi connectivity index (χ2v) is 8.74. The number of nitrogens with zero attached hydrogens (tertiary/aromatic N) is 1. The minimum absolute atomic E-state index is 0.147. The molecule has 0 radical (unpaired) electrons. The molecule has 172 valence electrons. The third kappa shape index (κ3) is 6.59. The lowest BCUT2D eigenvalue weighted by molar-refractivity contribution is -0.143. The Labute approximate surface area is 197 Å². The summed E-state index contributed by atoms with van der Waals surface area (Å²) in [6.45, 7) is 1.77. The molecule has 0 bridgehead atoms. The highest BCUT2D eigenvalue weighted by atomic mass is 35.5. The van der Waals surface area contributed by atoms with Crippen LogP contribution in [-0.4, -0.2) is 35.4 Å². The molecule has 1 fully saturated rings. The Hall–Kier alpha value is -2.31. The lowest BCUT2D eigenvalue weighted by Gasteiger charge is -2.31. The predicted octanol–water partition coefficient (Wildman–Crippen LogP) is 5.38. The van der Waals surface area contributed by atoms with Crippen LogP contribution in [0.5, 0.6) is 5.75 Å². The summed E-state index contributed by atoms with van der Waals surface area (Å²) in [6, 6.07) is 10.0. The maximum absolute atomic E-state index is 13.2. The van der Waals surface area contributed by atoms with E-state index in [2.05, 4.69) is 5.32 Å². The third-order valence-corrected chi connectivity index (χ3v) is 6.34. The van der Waals surface area contributed by atoms with Gasteiger partial charge in [-0.2, -0.15) is 0 Å². The number of ether oxygens (including phenoxy) is 1. The molecule has 3 rings (SSSR count). The van der Waals surface area contributed by atoms with Crippen molar-refractivity contribution in [1.82, 2.24) is 10.2 Å². The fraction of sp³-hybridized carbons (Fsp3) is 0.417. The number of amides is 2. The van der Waals surface area contributed by atoms with E-state index in [-0.39, 0.29) is 36.8 Å². The van der Waals surface area contributed by atoms with Crippen LogP contribution in [0.1, 0.15) is 44.6 Å². The van der Waals surface area contributed by atoms with Crippen LogP contribution >= 0.6 is 23.2 Å². The molecule has 0 aliphatic heterocycles. The molecule has 1 aliphatic carbocycles. The molecule has 1 atom stereocenters. The second-order valence-electron chi connectivity index (χ2n) is 7.93. The average molecular weight is 481 g/mol. The van der Waals surface area contributed by atoms with Crippen LogP contribution < -0.4 is 10.1 Å². The van der Waals surface area contributed by atoms with Gasteiger partial charge in [0, 0.05) is 12.6 Å². The van der Waals surface area contributed by atoms with Gasteiger partial charge in [0.1, 0.15) is 17.6 Å². The molecule has 8 heteroatoms. The van der Waals surface area contributed by atoms with Crippen molar-refractivity contribution in [1.29, 1.82) is 0 Å². The van der Waals surface area contributed by atoms with Gasteiger partial charge in [0.25, 0.3) is 5.91 Å². The molecule has 5 nitrogen and oxygen atoms in total. The molecule has 32 heavy (non-hydrogen) atoms. The van der Waals surface area contributed by atoms with Crippen LogP contribution in [0.4, 0.5) is 4.39 Å². The van der Waals surface area contributed by atoms with E-state index in [1.165, 1.54) is 29.2 Å². The van der Waals surface area contributed by atoms with Crippen molar-refractivity contribution in [3.05, 3.63) is 63.9 Å². The first kappa shape index (κ1) is 24.3. The van der Waals surface area contributed by atoms with Gasteiger partial charge >= 0.3 is 0 Å². The molecule has 2 amide bonds. The Morgan fingerprint density at radius 3 is 2.44 bits per heavy atom. The van der Waals surface area contributed by atoms with Gasteiger partial charge in [-0.1, -0.05) is 49.0 Å². The van der Waals surface area contributed by atoms with E-state index in [9.17, 15) is 14.0 Å². The number of hydrogen-bond donors (Lipinski definition) is 1. The van der Waals surface area contributed by atoms with Crippen LogP contribution in [0, 0.1) is 5.82 Å². The average Bonchev–Trinajstić information content (AvgIpc) is 3.28. The molecule has 0 aromatic heterocycles. The summed E-state index contributed by atoms with van der Waals surface area (Å²) in [4.78, 5) is 27.7. The quantitative estimate of drug-likeness (QED) is 0.524. The normalized spacial score (nSPS) is 14.8. The predicted molar refractivity (Wildman–Crippen MR) is 123 cm³/mol. The zero-order valence-electron chi connectivity index (χ0n) is 18.0. The minimum atomic E-state index is -0.658. The first-order valence-electron chi connectivity index (χ1n) is 10.8. The fourth-order valence-corrected chi connectivity index (χ4v) is 4.20. The van der Waals surface area contributed by atoms with Crippen LogP contribution in [-0.2, 0) is 16.1 Å². The first-order chi connectivity index (χ1) is 15.4. The van der Waals surface area contributed by atoms with Gasteiger partial charge in [0.05, 0.1) is 10.0 Å². The third-order valence-electron chi connectivity index (χ3n) is 5.60. The number of carbonyl (C=O) groups excluding carboxylic acids is 2. The second kappa shape index (κ2) is 11.5. The number of carbonyl (C=O) groups is 2. The van der Waals surface area contributed by atoms with Gasteiger partial charge in [-0.15, -0.1) is 0 Å². The number of nitrogens with one attached hydrogen (secondary N) is 1. The molecule has 1 saturated carbocycles. The Balaban J connectivity index is 1.77. The summed E-state index contributed by atoms with van der Waals surface area (Å²) in [7, 11) is 0. The van der Waals surface area contributed by atoms with E-state index >= 15 is 0 Å². The van der Waals surface area contributed by atoms with Crippen LogP contribution in [0.3, 0.4) is 0 Å². The van der Waals surface area contributed by atoms with Crippen LogP contribution in [0.2, 0.25) is 10.0 Å². The Kier molecular flexibility index (Phi) is 8.76. The summed E-state index contributed by atoms with van der Waals surface area (Å²) in [6.07, 6.45) is 4.55. The molecular formula is C24H27Cl2FN2O3. The van der Waals surface area contributed by atoms with Gasteiger partial charge in [0.2, 0.25) is 5.91 Å². The molecule has 1 aliphatic rings. The fourth-order valence-electron chi connectivity index (χ4n) is 3.88. The Morgan fingerprint density at radius 1 is 1.12 bits per heavy atom. The highest BCUT2D eigenvalue weighted by molar-refractivity contribution is 6.42. The van der Waals surface area contributed by atoms with Gasteiger partial charge in [-0.3, -0.25) is 9.59 Å². The van der Waals surface area contributed by atoms with E-state index in [1.54, 1.807) is 18.2 Å². The van der Waals surface area contributed by atoms with E-state index in [4.69, 9.17) is 27.9 Å². The molecule has 0 saturated heterocycles. The van der Waals surface area contributed by atoms with E-state index in [0.717, 1.165) is 31.2 Å². The summed E-state index contributed by atoms with van der Waals surface area (Å²) < 4.78 is 18.7. The lowest BCUT2D eigenvalue weighted by atomic mass is 10.1. The summed E-state index contributed by atoms with van der Waals surface area (Å²) >= 11 is 12.2. The zero-order chi connectivity index (χ0) is 23.1. The van der Waals surface area contributed by atoms with Crippen molar-refractivity contribution >= 4 is 35.0 Å². The molecule has 0 heterocycles. The lowest BCUT2D eigenvalue weighted by Crippen LogP contribution is -2.52. The molecule has 1 N–H and O–H groups in total. The number of hydrogen-bond acceptors (Lipinski definition) is 3. The van der Waals surface area contributed by atoms with Gasteiger partial charge in [-0.25, -0.2) is 4.39 Å². The molecule has 2 aromatic rings. The van der Waals surface area contributed by atoms with Crippen LogP contribution in [0.25, 0.3) is 0 Å². The van der Waals surface area contributed by atoms with E-state index in [0.29, 0.717) is 22.2 Å². The monoisotopic (exact) mass is 480 g/mol. The number of benzene rings is 2. The Bertz CT molecular complexity index is 933. The van der Waals surface area contributed by atoms with Crippen molar-refractivity contribution in [3.63, 3.8) is 0 Å². The standard InChI is InChI=1S/C24H27Cl2FN2O3/c1-2-22(24(31)28-18-5-3-4-6-18)29(14-16-7-12-20(25)21(26)13-16)23(30)15-32-19-10-8-17(27)9-11-19/h7-13,18,22H,2-6,14-15H2,1H3,(H,28,31)/t22-/m1/s1. The molecular weight excluding hydrogens is 454 g/mol. The Morgan fingerprint density at radius 2 is 1.81 bits per heavy atom. The van der Waals surface area contributed by atoms with Crippen molar-refractivity contribution in [2.24, 2.45) is 0 Å². The first-order valence-corrected chi connectivity index (χ1v) is 11.5. The number of halogens is 3. The van der Waals surface area contributed by atoms with Gasteiger partial charge in [-0.05, 0) is 61.2 Å². The van der Waals surface area contributed by atoms with Gasteiger partial charge < -0.3 is 15.0 Å². The SMILES string of the molecule is CC[C@H](C(=O)NC1CCCC1)N(Cc1ccc(Cl)c(Cl)c1)C(=O)COc1ccc(F)cc1. The summed E-state index contributed by atoms with van der Waals surface area (Å²) in [5, 5.41) is 3.88. The van der Waals surface area contributed by atoms with E-state index in [1.807, 2.05) is 6.92 Å². The summed E-state index contributed by atoms with van der Waals surface area (Å²) in [5.74, 6) is -0.541. The molecule has 2 aromatic carbocycles. The molecule has 0 spiro atoms. The van der Waals surface area contributed by atoms with E-state index < -0.39 is 6.04 Å². The van der Waals surface area contributed by atoms with Gasteiger partial charge in [0.15, 0.2) is 6.61 Å². The maximum Gasteiger partial charge on any atom is 0.261 e. The van der Waals surface area contributed by atoms with Crippen molar-refractivity contribution < 1.29 is 18.7 Å². The van der Waals surface area contributed by atoms with Crippen LogP contribution in [0.15, 0.2) is 42.5 Å². The topological polar surface area (TPSA) is 58.6 Å². The number of rotatable bonds is 9. The zero-order valence-corrected chi connectivity index (χ0v) is 19.5. The summed E-state index contributed by atoms with van der Waals surface area (Å²) in [5.41, 5.74) is 0.752. The molecule has 0 unspecified atom stereocenters.